The lowest BCUT2D eigenvalue weighted by Crippen LogP contribution is -2.44. The lowest BCUT2D eigenvalue weighted by Gasteiger charge is -2.39. The molecule has 0 aliphatic carbocycles. The molecule has 2 aromatic rings. The van der Waals surface area contributed by atoms with Crippen LogP contribution in [-0.2, 0) is 16.0 Å². The molecule has 3 heterocycles. The highest BCUT2D eigenvalue weighted by atomic mass is 16.3. The number of nitrogens with zero attached hydrogens (tertiary/aromatic N) is 2. The molecule has 2 saturated heterocycles. The van der Waals surface area contributed by atoms with Gasteiger partial charge in [0.15, 0.2) is 0 Å². The molecule has 0 bridgehead atoms. The number of likely N-dealkylation sites (tertiary alicyclic amines) is 2. The van der Waals surface area contributed by atoms with Crippen molar-refractivity contribution in [2.45, 2.75) is 44.9 Å². The first-order valence-corrected chi connectivity index (χ1v) is 10.7. The minimum absolute atomic E-state index is 0.0411. The van der Waals surface area contributed by atoms with Gasteiger partial charge in [0.1, 0.15) is 5.76 Å². The van der Waals surface area contributed by atoms with E-state index in [9.17, 15) is 9.59 Å². The molecule has 0 N–H and O–H groups in total. The minimum atomic E-state index is 0.0411. The Hall–Kier alpha value is -2.56. The van der Waals surface area contributed by atoms with Gasteiger partial charge in [0.05, 0.1) is 6.26 Å². The van der Waals surface area contributed by atoms with E-state index in [1.54, 1.807) is 6.26 Å². The Morgan fingerprint density at radius 2 is 1.90 bits per heavy atom. The first-order valence-electron chi connectivity index (χ1n) is 10.7. The molecule has 0 radical (unpaired) electrons. The van der Waals surface area contributed by atoms with Crippen molar-refractivity contribution in [3.63, 3.8) is 0 Å². The molecule has 1 atom stereocenters. The van der Waals surface area contributed by atoms with Crippen molar-refractivity contribution in [1.82, 2.24) is 9.80 Å². The number of furan rings is 1. The van der Waals surface area contributed by atoms with Gasteiger partial charge in [-0.05, 0) is 43.9 Å². The lowest BCUT2D eigenvalue weighted by molar-refractivity contribution is -0.134. The number of hydrogen-bond acceptors (Lipinski definition) is 3. The van der Waals surface area contributed by atoms with E-state index in [1.807, 2.05) is 47.1 Å². The molecule has 1 unspecified atom stereocenters. The second kappa shape index (κ2) is 8.44. The van der Waals surface area contributed by atoms with Crippen molar-refractivity contribution in [3.8, 4) is 0 Å². The summed E-state index contributed by atoms with van der Waals surface area (Å²) in [6, 6.07) is 14.1. The fraction of sp³-hybridized carbons (Fsp3) is 0.500. The zero-order valence-corrected chi connectivity index (χ0v) is 17.2. The summed E-state index contributed by atoms with van der Waals surface area (Å²) >= 11 is 0. The summed E-state index contributed by atoms with van der Waals surface area (Å²) in [6.45, 7) is 5.18. The standard InChI is InChI=1S/C24H30N2O3/c1-2-25-18-24(17-23(25)28)10-12-26(13-11-24)22(27)16-20(21-9-6-14-29-21)15-19-7-4-3-5-8-19/h3-9,14,20H,2,10-13,15-18H2,1H3. The van der Waals surface area contributed by atoms with Gasteiger partial charge in [0.2, 0.25) is 11.8 Å². The molecule has 5 nitrogen and oxygen atoms in total. The fourth-order valence-corrected chi connectivity index (χ4v) is 4.87. The molecule has 2 aliphatic rings. The van der Waals surface area contributed by atoms with Crippen LogP contribution < -0.4 is 0 Å². The topological polar surface area (TPSA) is 53.8 Å². The number of carbonyl (C=O) groups is 2. The van der Waals surface area contributed by atoms with Gasteiger partial charge >= 0.3 is 0 Å². The first kappa shape index (κ1) is 19.7. The van der Waals surface area contributed by atoms with E-state index in [0.717, 1.165) is 51.2 Å². The van der Waals surface area contributed by atoms with E-state index in [2.05, 4.69) is 12.1 Å². The van der Waals surface area contributed by atoms with E-state index >= 15 is 0 Å². The number of piperidine rings is 1. The minimum Gasteiger partial charge on any atom is -0.469 e. The van der Waals surface area contributed by atoms with Crippen LogP contribution in [0.1, 0.15) is 49.8 Å². The van der Waals surface area contributed by atoms with Crippen LogP contribution in [0.3, 0.4) is 0 Å². The van der Waals surface area contributed by atoms with Crippen LogP contribution in [0.5, 0.6) is 0 Å². The second-order valence-corrected chi connectivity index (χ2v) is 8.57. The Labute approximate surface area is 172 Å². The van der Waals surface area contributed by atoms with Crippen LogP contribution in [0.25, 0.3) is 0 Å². The van der Waals surface area contributed by atoms with Gasteiger partial charge in [-0.15, -0.1) is 0 Å². The van der Waals surface area contributed by atoms with Crippen LogP contribution in [0.2, 0.25) is 0 Å². The predicted molar refractivity (Wildman–Crippen MR) is 111 cm³/mol. The van der Waals surface area contributed by atoms with Gasteiger partial charge in [0, 0.05) is 50.4 Å². The van der Waals surface area contributed by atoms with Crippen LogP contribution >= 0.6 is 0 Å². The fourth-order valence-electron chi connectivity index (χ4n) is 4.87. The summed E-state index contributed by atoms with van der Waals surface area (Å²) in [6.07, 6.45) is 5.41. The third-order valence-corrected chi connectivity index (χ3v) is 6.66. The van der Waals surface area contributed by atoms with Crippen molar-refractivity contribution in [3.05, 3.63) is 60.1 Å². The third-order valence-electron chi connectivity index (χ3n) is 6.66. The Bertz CT molecular complexity index is 823. The van der Waals surface area contributed by atoms with E-state index < -0.39 is 0 Å². The average Bonchev–Trinajstić information content (AvgIpc) is 3.37. The smallest absolute Gasteiger partial charge is 0.223 e. The molecule has 1 aromatic heterocycles. The summed E-state index contributed by atoms with van der Waals surface area (Å²) in [5, 5.41) is 0. The zero-order chi connectivity index (χ0) is 20.3. The van der Waals surface area contributed by atoms with E-state index in [0.29, 0.717) is 12.8 Å². The zero-order valence-electron chi connectivity index (χ0n) is 17.2. The van der Waals surface area contributed by atoms with Crippen LogP contribution in [-0.4, -0.2) is 47.8 Å². The van der Waals surface area contributed by atoms with Gasteiger partial charge in [0.25, 0.3) is 0 Å². The predicted octanol–water partition coefficient (Wildman–Crippen LogP) is 3.86. The normalized spacial score (nSPS) is 19.7. The van der Waals surface area contributed by atoms with Crippen molar-refractivity contribution in [1.29, 1.82) is 0 Å². The lowest BCUT2D eigenvalue weighted by atomic mass is 9.77. The first-order chi connectivity index (χ1) is 14.1. The monoisotopic (exact) mass is 394 g/mol. The SMILES string of the molecule is CCN1CC2(CCN(C(=O)CC(Cc3ccccc3)c3ccco3)CC2)CC1=O. The number of carbonyl (C=O) groups excluding carboxylic acids is 2. The third kappa shape index (κ3) is 4.39. The molecule has 0 saturated carbocycles. The van der Waals surface area contributed by atoms with Gasteiger partial charge in [-0.25, -0.2) is 0 Å². The molecule has 4 rings (SSSR count). The molecule has 2 fully saturated rings. The molecule has 2 amide bonds. The highest BCUT2D eigenvalue weighted by molar-refractivity contribution is 5.80. The molecule has 5 heteroatoms. The van der Waals surface area contributed by atoms with Crippen molar-refractivity contribution >= 4 is 11.8 Å². The largest absolute Gasteiger partial charge is 0.469 e. The van der Waals surface area contributed by atoms with E-state index in [-0.39, 0.29) is 23.1 Å². The molecule has 2 aliphatic heterocycles. The second-order valence-electron chi connectivity index (χ2n) is 8.57. The maximum Gasteiger partial charge on any atom is 0.223 e. The number of rotatable bonds is 6. The van der Waals surface area contributed by atoms with Gasteiger partial charge in [-0.1, -0.05) is 30.3 Å². The summed E-state index contributed by atoms with van der Waals surface area (Å²) in [5.74, 6) is 1.37. The molecular formula is C24H30N2O3. The number of benzene rings is 1. The van der Waals surface area contributed by atoms with Crippen LogP contribution in [0, 0.1) is 5.41 Å². The Kier molecular flexibility index (Phi) is 5.74. The van der Waals surface area contributed by atoms with Crippen molar-refractivity contribution in [2.75, 3.05) is 26.2 Å². The maximum atomic E-state index is 13.1. The van der Waals surface area contributed by atoms with Crippen molar-refractivity contribution < 1.29 is 14.0 Å². The van der Waals surface area contributed by atoms with Gasteiger partial charge in [-0.3, -0.25) is 9.59 Å². The highest BCUT2D eigenvalue weighted by Gasteiger charge is 2.44. The maximum absolute atomic E-state index is 13.1. The quantitative estimate of drug-likeness (QED) is 0.748. The Morgan fingerprint density at radius 1 is 1.14 bits per heavy atom. The highest BCUT2D eigenvalue weighted by Crippen LogP contribution is 2.41. The molecular weight excluding hydrogens is 364 g/mol. The van der Waals surface area contributed by atoms with E-state index in [1.165, 1.54) is 5.56 Å². The van der Waals surface area contributed by atoms with Crippen molar-refractivity contribution in [2.24, 2.45) is 5.41 Å². The summed E-state index contributed by atoms with van der Waals surface area (Å²) in [5.41, 5.74) is 1.29. The Morgan fingerprint density at radius 3 is 2.52 bits per heavy atom. The summed E-state index contributed by atoms with van der Waals surface area (Å²) < 4.78 is 5.65. The molecule has 1 aromatic carbocycles. The average molecular weight is 395 g/mol. The van der Waals surface area contributed by atoms with E-state index in [4.69, 9.17) is 4.42 Å². The molecule has 154 valence electrons. The van der Waals surface area contributed by atoms with Crippen LogP contribution in [0.15, 0.2) is 53.1 Å². The summed E-state index contributed by atoms with van der Waals surface area (Å²) in [4.78, 5) is 29.2. The molecule has 29 heavy (non-hydrogen) atoms. The number of amides is 2. The van der Waals surface area contributed by atoms with Gasteiger partial charge in [-0.2, -0.15) is 0 Å². The molecule has 1 spiro atoms. The van der Waals surface area contributed by atoms with Gasteiger partial charge < -0.3 is 14.2 Å². The summed E-state index contributed by atoms with van der Waals surface area (Å²) in [7, 11) is 0. The van der Waals surface area contributed by atoms with Crippen LogP contribution in [0.4, 0.5) is 0 Å². The Balaban J connectivity index is 1.38. The number of hydrogen-bond donors (Lipinski definition) is 0.